The van der Waals surface area contributed by atoms with Crippen LogP contribution in [-0.2, 0) is 25.4 Å². The van der Waals surface area contributed by atoms with Gasteiger partial charge in [-0.1, -0.05) is 35.5 Å². The molecule has 5 aromatic rings. The topological polar surface area (TPSA) is 127 Å². The third kappa shape index (κ3) is 4.74. The number of anilines is 1. The zero-order valence-electron chi connectivity index (χ0n) is 21.5. The van der Waals surface area contributed by atoms with E-state index >= 15 is 0 Å². The van der Waals surface area contributed by atoms with Crippen LogP contribution in [0.4, 0.5) is 5.69 Å². The molecule has 1 N–H and O–H groups in total. The van der Waals surface area contributed by atoms with Gasteiger partial charge in [-0.2, -0.15) is 0 Å². The number of amides is 1. The van der Waals surface area contributed by atoms with Crippen LogP contribution in [0, 0.1) is 0 Å². The highest BCUT2D eigenvalue weighted by atomic mass is 35.5. The van der Waals surface area contributed by atoms with E-state index in [1.165, 1.54) is 25.8 Å². The molecule has 39 heavy (non-hydrogen) atoms. The molecular weight excluding hydrogens is 546 g/mol. The first-order valence-corrected chi connectivity index (χ1v) is 13.0. The van der Waals surface area contributed by atoms with E-state index in [1.54, 1.807) is 46.3 Å². The molecule has 0 saturated carbocycles. The minimum Gasteiger partial charge on any atom is -0.497 e. The van der Waals surface area contributed by atoms with Crippen molar-refractivity contribution in [2.45, 2.75) is 11.7 Å². The Morgan fingerprint density at radius 1 is 1.03 bits per heavy atom. The van der Waals surface area contributed by atoms with E-state index in [1.807, 2.05) is 12.1 Å². The van der Waals surface area contributed by atoms with Crippen molar-refractivity contribution in [3.8, 4) is 11.5 Å². The third-order valence-corrected chi connectivity index (χ3v) is 7.40. The second-order valence-electron chi connectivity index (χ2n) is 8.61. The predicted molar refractivity (Wildman–Crippen MR) is 148 cm³/mol. The number of halogens is 1. The highest BCUT2D eigenvalue weighted by Crippen LogP contribution is 2.30. The summed E-state index contributed by atoms with van der Waals surface area (Å²) in [6.07, 6.45) is 0. The molecule has 0 aliphatic carbocycles. The van der Waals surface area contributed by atoms with Gasteiger partial charge < -0.3 is 14.8 Å². The maximum absolute atomic E-state index is 13.3. The second-order valence-corrected chi connectivity index (χ2v) is 9.99. The molecule has 3 aromatic heterocycles. The van der Waals surface area contributed by atoms with Crippen LogP contribution in [0.25, 0.3) is 16.9 Å². The lowest BCUT2D eigenvalue weighted by molar-refractivity contribution is -0.113. The van der Waals surface area contributed by atoms with E-state index in [9.17, 15) is 14.4 Å². The molecule has 0 aliphatic rings. The van der Waals surface area contributed by atoms with Gasteiger partial charge in [0.2, 0.25) is 11.7 Å². The van der Waals surface area contributed by atoms with Gasteiger partial charge in [0.05, 0.1) is 32.2 Å². The first-order chi connectivity index (χ1) is 18.7. The Hall–Kier alpha value is -4.23. The fourth-order valence-corrected chi connectivity index (χ4v) is 5.13. The van der Waals surface area contributed by atoms with Crippen LogP contribution >= 0.6 is 23.4 Å². The molecule has 14 heteroatoms. The van der Waals surface area contributed by atoms with Crippen LogP contribution in [0.15, 0.2) is 57.2 Å². The molecule has 12 nitrogen and oxygen atoms in total. The Balaban J connectivity index is 1.54. The fourth-order valence-electron chi connectivity index (χ4n) is 4.27. The van der Waals surface area contributed by atoms with Gasteiger partial charge in [-0.05, 0) is 29.8 Å². The van der Waals surface area contributed by atoms with E-state index in [2.05, 4.69) is 15.5 Å². The van der Waals surface area contributed by atoms with Crippen molar-refractivity contribution >= 4 is 51.9 Å². The first-order valence-electron chi connectivity index (χ1n) is 11.7. The van der Waals surface area contributed by atoms with E-state index < -0.39 is 11.2 Å². The number of carbonyl (C=O) groups excluding carboxylic acids is 1. The lowest BCUT2D eigenvalue weighted by Crippen LogP contribution is -2.37. The molecule has 5 rings (SSSR count). The van der Waals surface area contributed by atoms with Crippen molar-refractivity contribution < 1.29 is 14.3 Å². The number of nitrogens with one attached hydrogen (secondary N) is 1. The maximum Gasteiger partial charge on any atom is 0.332 e. The molecule has 0 unspecified atom stereocenters. The summed E-state index contributed by atoms with van der Waals surface area (Å²) in [5.74, 6) is 1.06. The smallest absolute Gasteiger partial charge is 0.332 e. The normalized spacial score (nSPS) is 11.3. The van der Waals surface area contributed by atoms with Gasteiger partial charge in [0, 0.05) is 25.2 Å². The maximum atomic E-state index is 13.3. The Morgan fingerprint density at radius 3 is 2.46 bits per heavy atom. The summed E-state index contributed by atoms with van der Waals surface area (Å²) in [4.78, 5) is 39.0. The number of thioether (sulfide) groups is 1. The van der Waals surface area contributed by atoms with Gasteiger partial charge in [-0.15, -0.1) is 10.2 Å². The Morgan fingerprint density at radius 2 is 1.77 bits per heavy atom. The monoisotopic (exact) mass is 569 g/mol. The number of aryl methyl sites for hydroxylation is 1. The number of rotatable bonds is 8. The second kappa shape index (κ2) is 10.5. The van der Waals surface area contributed by atoms with Crippen LogP contribution in [0.1, 0.15) is 5.56 Å². The number of fused-ring (bicyclic) bond motifs is 3. The van der Waals surface area contributed by atoms with Gasteiger partial charge in [-0.25, -0.2) is 9.20 Å². The van der Waals surface area contributed by atoms with Crippen molar-refractivity contribution in [3.63, 3.8) is 0 Å². The summed E-state index contributed by atoms with van der Waals surface area (Å²) in [6.45, 7) is 0.288. The van der Waals surface area contributed by atoms with Crippen molar-refractivity contribution in [1.29, 1.82) is 0 Å². The molecule has 2 aromatic carbocycles. The van der Waals surface area contributed by atoms with Crippen LogP contribution < -0.4 is 26.0 Å². The molecule has 0 radical (unpaired) electrons. The van der Waals surface area contributed by atoms with Crippen molar-refractivity contribution in [1.82, 2.24) is 28.3 Å². The number of benzene rings is 2. The highest BCUT2D eigenvalue weighted by molar-refractivity contribution is 7.99. The molecule has 3 heterocycles. The summed E-state index contributed by atoms with van der Waals surface area (Å²) in [7, 11) is 6.04. The minimum absolute atomic E-state index is 0.0240. The summed E-state index contributed by atoms with van der Waals surface area (Å²) >= 11 is 7.16. The molecule has 1 amide bonds. The summed E-state index contributed by atoms with van der Waals surface area (Å²) < 4.78 is 16.3. The van der Waals surface area contributed by atoms with Crippen LogP contribution in [0.2, 0.25) is 5.02 Å². The van der Waals surface area contributed by atoms with E-state index in [-0.39, 0.29) is 23.7 Å². The Kier molecular flexibility index (Phi) is 7.10. The molecule has 0 atom stereocenters. The van der Waals surface area contributed by atoms with Gasteiger partial charge in [0.1, 0.15) is 11.5 Å². The summed E-state index contributed by atoms with van der Waals surface area (Å²) in [6, 6.07) is 12.3. The SMILES string of the molecule is COc1ccc(OC)c(NC(=O)CSc2nnc3n(Cc4ccc(Cl)cc4)c4c(=O)n(C)c(=O)n(C)c4n23)c1. The van der Waals surface area contributed by atoms with Gasteiger partial charge in [0.15, 0.2) is 16.3 Å². The Bertz CT molecular complexity index is 1840. The van der Waals surface area contributed by atoms with E-state index in [0.29, 0.717) is 38.8 Å². The number of hydrogen-bond donors (Lipinski definition) is 1. The number of hydrogen-bond acceptors (Lipinski definition) is 8. The predicted octanol–water partition coefficient (Wildman–Crippen LogP) is 2.53. The lowest BCUT2D eigenvalue weighted by Gasteiger charge is -2.11. The zero-order valence-corrected chi connectivity index (χ0v) is 23.0. The molecule has 0 bridgehead atoms. The van der Waals surface area contributed by atoms with Gasteiger partial charge in [-0.3, -0.25) is 23.3 Å². The number of aromatic nitrogens is 6. The number of methoxy groups -OCH3 is 2. The van der Waals surface area contributed by atoms with E-state index in [0.717, 1.165) is 21.9 Å². The van der Waals surface area contributed by atoms with Crippen molar-refractivity contribution in [2.24, 2.45) is 14.1 Å². The van der Waals surface area contributed by atoms with E-state index in [4.69, 9.17) is 21.1 Å². The average Bonchev–Trinajstić information content (AvgIpc) is 3.49. The molecule has 0 aliphatic heterocycles. The third-order valence-electron chi connectivity index (χ3n) is 6.22. The molecule has 0 fully saturated rings. The standard InChI is InChI=1S/C25H24ClN7O5S/c1-30-21-20(22(35)31(2)25(30)36)32(12-14-5-7-15(26)8-6-14)23-28-29-24(33(21)23)39-13-19(34)27-17-11-16(37-3)9-10-18(17)38-4/h5-11H,12-13H2,1-4H3,(H,27,34). The van der Waals surface area contributed by atoms with Crippen molar-refractivity contribution in [2.75, 3.05) is 25.3 Å². The molecular formula is C25H24ClN7O5S. The average molecular weight is 570 g/mol. The largest absolute Gasteiger partial charge is 0.497 e. The number of ether oxygens (including phenoxy) is 2. The number of nitrogens with zero attached hydrogens (tertiary/aromatic N) is 6. The molecule has 0 spiro atoms. The number of carbonyl (C=O) groups is 1. The quantitative estimate of drug-likeness (QED) is 0.283. The lowest BCUT2D eigenvalue weighted by atomic mass is 10.2. The molecule has 202 valence electrons. The van der Waals surface area contributed by atoms with Crippen LogP contribution in [0.5, 0.6) is 11.5 Å². The van der Waals surface area contributed by atoms with Gasteiger partial charge in [0.25, 0.3) is 5.56 Å². The summed E-state index contributed by atoms with van der Waals surface area (Å²) in [5, 5.41) is 12.3. The fraction of sp³-hybridized carbons (Fsp3) is 0.240. The number of imidazole rings is 1. The zero-order chi connectivity index (χ0) is 27.8. The van der Waals surface area contributed by atoms with Gasteiger partial charge >= 0.3 is 5.69 Å². The van der Waals surface area contributed by atoms with Crippen molar-refractivity contribution in [3.05, 3.63) is 73.9 Å². The van der Waals surface area contributed by atoms with Crippen LogP contribution in [-0.4, -0.2) is 54.2 Å². The Labute approximate surface area is 230 Å². The summed E-state index contributed by atoms with van der Waals surface area (Å²) in [5.41, 5.74) is 0.982. The highest BCUT2D eigenvalue weighted by Gasteiger charge is 2.24. The van der Waals surface area contributed by atoms with Crippen LogP contribution in [0.3, 0.4) is 0 Å². The minimum atomic E-state index is -0.495. The molecule has 0 saturated heterocycles. The first kappa shape index (κ1) is 26.4.